The van der Waals surface area contributed by atoms with Gasteiger partial charge in [-0.25, -0.2) is 4.98 Å². The molecule has 1 aromatic rings. The van der Waals surface area contributed by atoms with Gasteiger partial charge >= 0.3 is 0 Å². The Balaban J connectivity index is 1.60. The van der Waals surface area contributed by atoms with Crippen LogP contribution in [-0.4, -0.2) is 60.2 Å². The lowest BCUT2D eigenvalue weighted by atomic mass is 10.2. The van der Waals surface area contributed by atoms with Gasteiger partial charge in [-0.1, -0.05) is 0 Å². The molecule has 0 N–H and O–H groups in total. The number of aromatic nitrogens is 2. The molecule has 1 atom stereocenters. The molecule has 1 amide bonds. The van der Waals surface area contributed by atoms with E-state index in [1.807, 2.05) is 11.8 Å². The van der Waals surface area contributed by atoms with Crippen molar-refractivity contribution in [3.8, 4) is 0 Å². The average Bonchev–Trinajstić information content (AvgIpc) is 3.33. The number of nitrogens with zero attached hydrogens (tertiary/aromatic N) is 4. The molecule has 0 spiro atoms. The first-order valence-electron chi connectivity index (χ1n) is 7.55. The molecule has 6 heteroatoms. The maximum Gasteiger partial charge on any atom is 0.252 e. The van der Waals surface area contributed by atoms with E-state index in [4.69, 9.17) is 4.74 Å². The predicted octanol–water partition coefficient (Wildman–Crippen LogP) is 0.859. The van der Waals surface area contributed by atoms with Gasteiger partial charge in [0.25, 0.3) is 5.91 Å². The van der Waals surface area contributed by atoms with E-state index in [2.05, 4.69) is 14.9 Å². The van der Waals surface area contributed by atoms with Crippen molar-refractivity contribution < 1.29 is 9.53 Å². The van der Waals surface area contributed by atoms with E-state index in [9.17, 15) is 4.79 Å². The van der Waals surface area contributed by atoms with Crippen LogP contribution in [0.2, 0.25) is 0 Å². The van der Waals surface area contributed by atoms with Crippen molar-refractivity contribution in [2.75, 3.05) is 38.2 Å². The molecule has 0 aromatic carbocycles. The quantitative estimate of drug-likeness (QED) is 0.823. The second-order valence-corrected chi connectivity index (χ2v) is 5.77. The zero-order valence-electron chi connectivity index (χ0n) is 12.7. The van der Waals surface area contributed by atoms with Gasteiger partial charge in [-0.05, 0) is 25.7 Å². The first-order chi connectivity index (χ1) is 10.2. The van der Waals surface area contributed by atoms with Crippen LogP contribution in [0.25, 0.3) is 0 Å². The molecule has 0 radical (unpaired) electrons. The summed E-state index contributed by atoms with van der Waals surface area (Å²) in [4.78, 5) is 25.3. The first-order valence-corrected chi connectivity index (χ1v) is 7.55. The topological polar surface area (TPSA) is 58.6 Å². The number of carbonyl (C=O) groups excluding carboxylic acids is 1. The summed E-state index contributed by atoms with van der Waals surface area (Å²) in [6.07, 6.45) is 5.41. The van der Waals surface area contributed by atoms with Gasteiger partial charge in [0, 0.05) is 45.7 Å². The summed E-state index contributed by atoms with van der Waals surface area (Å²) in [5.41, 5.74) is 0.935. The van der Waals surface area contributed by atoms with E-state index >= 15 is 0 Å². The molecule has 3 rings (SSSR count). The van der Waals surface area contributed by atoms with Gasteiger partial charge in [-0.15, -0.1) is 0 Å². The highest BCUT2D eigenvalue weighted by Crippen LogP contribution is 2.35. The van der Waals surface area contributed by atoms with E-state index in [0.717, 1.165) is 50.5 Å². The molecule has 1 aliphatic carbocycles. The van der Waals surface area contributed by atoms with E-state index in [0.29, 0.717) is 5.92 Å². The van der Waals surface area contributed by atoms with Crippen LogP contribution in [0.15, 0.2) is 12.4 Å². The number of hydrogen-bond donors (Lipinski definition) is 0. The summed E-state index contributed by atoms with van der Waals surface area (Å²) in [6.45, 7) is 5.01. The zero-order valence-corrected chi connectivity index (χ0v) is 12.7. The number of piperazine rings is 1. The predicted molar refractivity (Wildman–Crippen MR) is 79.1 cm³/mol. The van der Waals surface area contributed by atoms with Crippen LogP contribution in [0.3, 0.4) is 0 Å². The number of methoxy groups -OCH3 is 1. The van der Waals surface area contributed by atoms with Crippen LogP contribution in [0.4, 0.5) is 5.82 Å². The first kappa shape index (κ1) is 14.3. The molecule has 2 aliphatic rings. The van der Waals surface area contributed by atoms with E-state index in [-0.39, 0.29) is 12.0 Å². The molecular weight excluding hydrogens is 268 g/mol. The van der Waals surface area contributed by atoms with Crippen LogP contribution in [0.5, 0.6) is 0 Å². The fourth-order valence-corrected chi connectivity index (χ4v) is 2.92. The molecule has 1 unspecified atom stereocenters. The highest BCUT2D eigenvalue weighted by molar-refractivity contribution is 5.82. The standard InChI is InChI=1S/C15H22N4O2/c1-11-14(17-6-5-16-11)18-7-9-19(10-8-18)15(20)13(21-2)12-3-4-12/h5-6,12-13H,3-4,7-10H2,1-2H3. The lowest BCUT2D eigenvalue weighted by Crippen LogP contribution is -2.52. The van der Waals surface area contributed by atoms with E-state index in [1.165, 1.54) is 0 Å². The molecule has 6 nitrogen and oxygen atoms in total. The Morgan fingerprint density at radius 1 is 1.24 bits per heavy atom. The third-order valence-corrected chi connectivity index (χ3v) is 4.29. The van der Waals surface area contributed by atoms with Crippen molar-refractivity contribution in [2.45, 2.75) is 25.9 Å². The van der Waals surface area contributed by atoms with Gasteiger partial charge in [-0.3, -0.25) is 9.78 Å². The van der Waals surface area contributed by atoms with E-state index in [1.54, 1.807) is 19.5 Å². The molecule has 1 aliphatic heterocycles. The van der Waals surface area contributed by atoms with Crippen molar-refractivity contribution in [3.05, 3.63) is 18.1 Å². The van der Waals surface area contributed by atoms with Gasteiger partial charge < -0.3 is 14.5 Å². The number of ether oxygens (including phenoxy) is 1. The fraction of sp³-hybridized carbons (Fsp3) is 0.667. The van der Waals surface area contributed by atoms with Crippen molar-refractivity contribution in [1.29, 1.82) is 0 Å². The maximum atomic E-state index is 12.5. The highest BCUT2D eigenvalue weighted by atomic mass is 16.5. The minimum Gasteiger partial charge on any atom is -0.371 e. The van der Waals surface area contributed by atoms with Crippen molar-refractivity contribution in [1.82, 2.24) is 14.9 Å². The molecular formula is C15H22N4O2. The van der Waals surface area contributed by atoms with Gasteiger partial charge in [0.2, 0.25) is 0 Å². The largest absolute Gasteiger partial charge is 0.371 e. The van der Waals surface area contributed by atoms with Gasteiger partial charge in [-0.2, -0.15) is 0 Å². The van der Waals surface area contributed by atoms with Crippen molar-refractivity contribution in [3.63, 3.8) is 0 Å². The van der Waals surface area contributed by atoms with Gasteiger partial charge in [0.05, 0.1) is 5.69 Å². The zero-order chi connectivity index (χ0) is 14.8. The summed E-state index contributed by atoms with van der Waals surface area (Å²) >= 11 is 0. The van der Waals surface area contributed by atoms with Crippen molar-refractivity contribution in [2.24, 2.45) is 5.92 Å². The summed E-state index contributed by atoms with van der Waals surface area (Å²) in [5.74, 6) is 1.51. The molecule has 21 heavy (non-hydrogen) atoms. The van der Waals surface area contributed by atoms with Crippen LogP contribution in [0, 0.1) is 12.8 Å². The van der Waals surface area contributed by atoms with Crippen molar-refractivity contribution >= 4 is 11.7 Å². The lowest BCUT2D eigenvalue weighted by molar-refractivity contribution is -0.143. The number of aryl methyl sites for hydroxylation is 1. The van der Waals surface area contributed by atoms with Crippen LogP contribution in [0.1, 0.15) is 18.5 Å². The van der Waals surface area contributed by atoms with Gasteiger partial charge in [0.15, 0.2) is 0 Å². The molecule has 0 bridgehead atoms. The third-order valence-electron chi connectivity index (χ3n) is 4.29. The van der Waals surface area contributed by atoms with Crippen LogP contribution < -0.4 is 4.90 Å². The average molecular weight is 290 g/mol. The van der Waals surface area contributed by atoms with E-state index < -0.39 is 0 Å². The minimum atomic E-state index is -0.241. The Morgan fingerprint density at radius 3 is 2.48 bits per heavy atom. The number of hydrogen-bond acceptors (Lipinski definition) is 5. The monoisotopic (exact) mass is 290 g/mol. The number of rotatable bonds is 4. The SMILES string of the molecule is COC(C(=O)N1CCN(c2nccnc2C)CC1)C1CC1. The summed E-state index contributed by atoms with van der Waals surface area (Å²) < 4.78 is 5.39. The van der Waals surface area contributed by atoms with Gasteiger partial charge in [0.1, 0.15) is 11.9 Å². The number of carbonyl (C=O) groups is 1. The summed E-state index contributed by atoms with van der Waals surface area (Å²) in [6, 6.07) is 0. The lowest BCUT2D eigenvalue weighted by Gasteiger charge is -2.37. The molecule has 1 saturated carbocycles. The van der Waals surface area contributed by atoms with Crippen LogP contribution in [-0.2, 0) is 9.53 Å². The summed E-state index contributed by atoms with van der Waals surface area (Å²) in [5, 5.41) is 0. The fourth-order valence-electron chi connectivity index (χ4n) is 2.92. The second kappa shape index (κ2) is 5.97. The highest BCUT2D eigenvalue weighted by Gasteiger charge is 2.39. The maximum absolute atomic E-state index is 12.5. The van der Waals surface area contributed by atoms with Crippen LogP contribution >= 0.6 is 0 Å². The minimum absolute atomic E-state index is 0.149. The Morgan fingerprint density at radius 2 is 1.90 bits per heavy atom. The Kier molecular flexibility index (Phi) is 4.05. The molecule has 114 valence electrons. The molecule has 1 aromatic heterocycles. The Labute approximate surface area is 125 Å². The third kappa shape index (κ3) is 3.00. The smallest absolute Gasteiger partial charge is 0.252 e. The Bertz CT molecular complexity index is 510. The normalized spacial score (nSPS) is 20.5. The number of amides is 1. The second-order valence-electron chi connectivity index (χ2n) is 5.77. The number of anilines is 1. The summed E-state index contributed by atoms with van der Waals surface area (Å²) in [7, 11) is 1.64. The molecule has 2 fully saturated rings. The molecule has 2 heterocycles. The Hall–Kier alpha value is -1.69. The molecule has 1 saturated heterocycles.